The highest BCUT2D eigenvalue weighted by Gasteiger charge is 2.61. The van der Waals surface area contributed by atoms with Crippen LogP contribution in [0.1, 0.15) is 40.0 Å². The van der Waals surface area contributed by atoms with Gasteiger partial charge in [0, 0.05) is 17.1 Å². The van der Waals surface area contributed by atoms with Crippen LogP contribution in [0.2, 0.25) is 5.02 Å². The number of nitrogens with one attached hydrogen (secondary N) is 1. The molecule has 3 unspecified atom stereocenters. The van der Waals surface area contributed by atoms with E-state index in [1.165, 1.54) is 18.9 Å². The van der Waals surface area contributed by atoms with Crippen molar-refractivity contribution in [2.24, 2.45) is 16.7 Å². The Morgan fingerprint density at radius 2 is 2.10 bits per heavy atom. The lowest BCUT2D eigenvalue weighted by Crippen LogP contribution is -2.40. The molecule has 0 heterocycles. The first-order chi connectivity index (χ1) is 9.75. The average Bonchev–Trinajstić information content (AvgIpc) is 2.71. The lowest BCUT2D eigenvalue weighted by molar-refractivity contribution is -0.384. The molecule has 5 heteroatoms. The van der Waals surface area contributed by atoms with E-state index in [1.807, 2.05) is 0 Å². The predicted octanol–water partition coefficient (Wildman–Crippen LogP) is 4.87. The largest absolute Gasteiger partial charge is 0.376 e. The average molecular weight is 309 g/mol. The number of hydrogen-bond donors (Lipinski definition) is 1. The van der Waals surface area contributed by atoms with Crippen LogP contribution in [0.4, 0.5) is 11.4 Å². The quantitative estimate of drug-likeness (QED) is 0.640. The van der Waals surface area contributed by atoms with Crippen molar-refractivity contribution in [2.75, 3.05) is 5.32 Å². The molecule has 2 aliphatic rings. The van der Waals surface area contributed by atoms with Crippen LogP contribution in [0.15, 0.2) is 18.2 Å². The number of nitrogens with zero attached hydrogens (tertiary/aromatic N) is 1. The normalized spacial score (nSPS) is 33.1. The highest BCUT2D eigenvalue weighted by atomic mass is 35.5. The molecule has 0 aliphatic heterocycles. The number of rotatable bonds is 3. The van der Waals surface area contributed by atoms with E-state index in [9.17, 15) is 10.1 Å². The van der Waals surface area contributed by atoms with Crippen molar-refractivity contribution in [2.45, 2.75) is 46.1 Å². The fraction of sp³-hybridized carbons (Fsp3) is 0.625. The molecule has 1 aromatic carbocycles. The van der Waals surface area contributed by atoms with Gasteiger partial charge in [0.15, 0.2) is 0 Å². The Hall–Kier alpha value is -1.29. The first kappa shape index (κ1) is 14.6. The molecule has 2 aliphatic carbocycles. The Bertz CT molecular complexity index is 602. The molecule has 0 amide bonds. The van der Waals surface area contributed by atoms with E-state index in [1.54, 1.807) is 12.1 Å². The van der Waals surface area contributed by atoms with E-state index in [2.05, 4.69) is 26.1 Å². The first-order valence-corrected chi connectivity index (χ1v) is 7.84. The highest BCUT2D eigenvalue weighted by molar-refractivity contribution is 6.31. The molecule has 1 aromatic rings. The van der Waals surface area contributed by atoms with E-state index < -0.39 is 0 Å². The molecule has 2 bridgehead atoms. The van der Waals surface area contributed by atoms with E-state index in [0.29, 0.717) is 16.6 Å². The molecule has 2 saturated carbocycles. The third-order valence-electron chi connectivity index (χ3n) is 6.28. The van der Waals surface area contributed by atoms with Crippen LogP contribution in [0.25, 0.3) is 0 Å². The van der Waals surface area contributed by atoms with Crippen LogP contribution in [0, 0.1) is 26.9 Å². The maximum absolute atomic E-state index is 11.2. The van der Waals surface area contributed by atoms with Gasteiger partial charge < -0.3 is 5.32 Å². The summed E-state index contributed by atoms with van der Waals surface area (Å²) in [5.41, 5.74) is 1.09. The molecular weight excluding hydrogens is 288 g/mol. The van der Waals surface area contributed by atoms with Gasteiger partial charge in [-0.3, -0.25) is 10.1 Å². The van der Waals surface area contributed by atoms with Gasteiger partial charge in [-0.25, -0.2) is 0 Å². The van der Waals surface area contributed by atoms with Crippen molar-refractivity contribution < 1.29 is 4.92 Å². The summed E-state index contributed by atoms with van der Waals surface area (Å²) < 4.78 is 0. The van der Waals surface area contributed by atoms with E-state index in [4.69, 9.17) is 11.6 Å². The minimum Gasteiger partial charge on any atom is -0.376 e. The summed E-state index contributed by atoms with van der Waals surface area (Å²) in [5, 5.41) is 15.2. The SMILES string of the molecule is CC1(C)C2CCC1(C)C(Nc1cc(Cl)ccc1[N+](=O)[O-])C2. The molecule has 3 rings (SSSR count). The van der Waals surface area contributed by atoms with E-state index in [0.717, 1.165) is 6.42 Å². The van der Waals surface area contributed by atoms with Crippen molar-refractivity contribution in [3.63, 3.8) is 0 Å². The van der Waals surface area contributed by atoms with Gasteiger partial charge in [-0.1, -0.05) is 32.4 Å². The standard InChI is InChI=1S/C16H21ClN2O2/c1-15(2)10-6-7-16(15,3)14(8-10)18-12-9-11(17)4-5-13(12)19(20)21/h4-5,9-10,14,18H,6-8H2,1-3H3. The second kappa shape index (κ2) is 4.60. The topological polar surface area (TPSA) is 55.2 Å². The van der Waals surface area contributed by atoms with Crippen molar-refractivity contribution >= 4 is 23.0 Å². The Labute approximate surface area is 130 Å². The minimum absolute atomic E-state index is 0.101. The van der Waals surface area contributed by atoms with Gasteiger partial charge in [0.2, 0.25) is 0 Å². The molecule has 21 heavy (non-hydrogen) atoms. The van der Waals surface area contributed by atoms with Gasteiger partial charge >= 0.3 is 0 Å². The molecule has 4 nitrogen and oxygen atoms in total. The van der Waals surface area contributed by atoms with Gasteiger partial charge in [0.25, 0.3) is 5.69 Å². The van der Waals surface area contributed by atoms with E-state index >= 15 is 0 Å². The molecule has 2 fully saturated rings. The summed E-state index contributed by atoms with van der Waals surface area (Å²) in [5.74, 6) is 0.693. The van der Waals surface area contributed by atoms with Crippen molar-refractivity contribution in [1.29, 1.82) is 0 Å². The van der Waals surface area contributed by atoms with Crippen LogP contribution in [-0.4, -0.2) is 11.0 Å². The second-order valence-electron chi connectivity index (χ2n) is 7.23. The molecule has 0 aromatic heterocycles. The fourth-order valence-corrected chi connectivity index (χ4v) is 4.56. The number of halogens is 1. The summed E-state index contributed by atoms with van der Waals surface area (Å²) in [6.45, 7) is 6.98. The number of nitro benzene ring substituents is 1. The summed E-state index contributed by atoms with van der Waals surface area (Å²) in [7, 11) is 0. The lowest BCUT2D eigenvalue weighted by Gasteiger charge is -2.39. The Kier molecular flexibility index (Phi) is 3.21. The number of benzene rings is 1. The molecular formula is C16H21ClN2O2. The molecule has 1 N–H and O–H groups in total. The number of fused-ring (bicyclic) bond motifs is 2. The fourth-order valence-electron chi connectivity index (χ4n) is 4.39. The van der Waals surface area contributed by atoms with Crippen LogP contribution in [0.3, 0.4) is 0 Å². The maximum atomic E-state index is 11.2. The van der Waals surface area contributed by atoms with Crippen molar-refractivity contribution in [1.82, 2.24) is 0 Å². The first-order valence-electron chi connectivity index (χ1n) is 7.46. The third-order valence-corrected chi connectivity index (χ3v) is 6.51. The zero-order valence-electron chi connectivity index (χ0n) is 12.6. The lowest BCUT2D eigenvalue weighted by atomic mass is 9.69. The van der Waals surface area contributed by atoms with Gasteiger partial charge in [0.1, 0.15) is 5.69 Å². The molecule has 114 valence electrons. The number of hydrogen-bond acceptors (Lipinski definition) is 3. The van der Waals surface area contributed by atoms with Gasteiger partial charge in [-0.05, 0) is 48.1 Å². The van der Waals surface area contributed by atoms with Gasteiger partial charge in [0.05, 0.1) is 4.92 Å². The van der Waals surface area contributed by atoms with E-state index in [-0.39, 0.29) is 27.5 Å². The minimum atomic E-state index is -0.348. The predicted molar refractivity (Wildman–Crippen MR) is 84.7 cm³/mol. The van der Waals surface area contributed by atoms with Gasteiger partial charge in [-0.2, -0.15) is 0 Å². The summed E-state index contributed by atoms with van der Waals surface area (Å²) in [6, 6.07) is 4.98. The van der Waals surface area contributed by atoms with Crippen molar-refractivity contribution in [3.05, 3.63) is 33.3 Å². The molecule has 0 spiro atoms. The van der Waals surface area contributed by atoms with Crippen LogP contribution in [-0.2, 0) is 0 Å². The summed E-state index contributed by atoms with van der Waals surface area (Å²) in [6.07, 6.45) is 3.52. The maximum Gasteiger partial charge on any atom is 0.292 e. The Morgan fingerprint density at radius 3 is 2.62 bits per heavy atom. The zero-order chi connectivity index (χ0) is 15.4. The third kappa shape index (κ3) is 2.03. The molecule has 0 radical (unpaired) electrons. The van der Waals surface area contributed by atoms with Crippen LogP contribution >= 0.6 is 11.6 Å². The number of anilines is 1. The highest BCUT2D eigenvalue weighted by Crippen LogP contribution is 2.66. The van der Waals surface area contributed by atoms with Gasteiger partial charge in [-0.15, -0.1) is 0 Å². The second-order valence-corrected chi connectivity index (χ2v) is 7.66. The zero-order valence-corrected chi connectivity index (χ0v) is 13.4. The summed E-state index contributed by atoms with van der Waals surface area (Å²) in [4.78, 5) is 10.8. The van der Waals surface area contributed by atoms with Crippen LogP contribution < -0.4 is 5.32 Å². The molecule has 0 saturated heterocycles. The Balaban J connectivity index is 1.92. The monoisotopic (exact) mass is 308 g/mol. The Morgan fingerprint density at radius 1 is 1.38 bits per heavy atom. The van der Waals surface area contributed by atoms with Crippen molar-refractivity contribution in [3.8, 4) is 0 Å². The molecule has 3 atom stereocenters. The number of nitro groups is 1. The van der Waals surface area contributed by atoms with Crippen LogP contribution in [0.5, 0.6) is 0 Å². The smallest absolute Gasteiger partial charge is 0.292 e. The summed E-state index contributed by atoms with van der Waals surface area (Å²) >= 11 is 6.01.